The molecule has 0 aliphatic carbocycles. The Morgan fingerprint density at radius 2 is 2.27 bits per heavy atom. The van der Waals surface area contributed by atoms with Gasteiger partial charge in [-0.15, -0.1) is 0 Å². The third-order valence-electron chi connectivity index (χ3n) is 1.54. The maximum atomic E-state index is 5.43. The highest BCUT2D eigenvalue weighted by atomic mass is 32.1. The highest BCUT2D eigenvalue weighted by Gasteiger charge is 1.97. The van der Waals surface area contributed by atoms with Crippen LogP contribution in [0.4, 0.5) is 0 Å². The van der Waals surface area contributed by atoms with Crippen LogP contribution in [-0.4, -0.2) is 17.7 Å². The van der Waals surface area contributed by atoms with Crippen molar-refractivity contribution in [2.24, 2.45) is 5.73 Å². The molecule has 0 radical (unpaired) electrons. The third-order valence-corrected chi connectivity index (χ3v) is 1.75. The first-order valence-electron chi connectivity index (χ1n) is 4.06. The van der Waals surface area contributed by atoms with E-state index in [9.17, 15) is 0 Å². The van der Waals surface area contributed by atoms with Crippen LogP contribution in [0.15, 0.2) is 0 Å². The zero-order valence-corrected chi connectivity index (χ0v) is 8.12. The molecule has 0 fully saturated rings. The Balaban J connectivity index is 3.08. The number of rotatable bonds is 6. The predicted molar refractivity (Wildman–Crippen MR) is 51.7 cm³/mol. The maximum Gasteiger partial charge on any atom is 0.0728 e. The fourth-order valence-electron chi connectivity index (χ4n) is 0.649. The average molecular weight is 175 g/mol. The van der Waals surface area contributed by atoms with Gasteiger partial charge >= 0.3 is 0 Å². The van der Waals surface area contributed by atoms with Gasteiger partial charge in [0.2, 0.25) is 0 Å². The second-order valence-electron chi connectivity index (χ2n) is 2.66. The van der Waals surface area contributed by atoms with Crippen molar-refractivity contribution in [2.75, 3.05) is 6.61 Å². The largest absolute Gasteiger partial charge is 0.393 e. The second kappa shape index (κ2) is 6.55. The molecule has 11 heavy (non-hydrogen) atoms. The van der Waals surface area contributed by atoms with E-state index in [-0.39, 0.29) is 0 Å². The summed E-state index contributed by atoms with van der Waals surface area (Å²) in [5.74, 6) is 0. The van der Waals surface area contributed by atoms with Gasteiger partial charge in [0.05, 0.1) is 11.1 Å². The molecule has 3 heteroatoms. The van der Waals surface area contributed by atoms with Gasteiger partial charge in [0.25, 0.3) is 0 Å². The van der Waals surface area contributed by atoms with Crippen LogP contribution in [0.25, 0.3) is 0 Å². The number of nitrogens with two attached hydrogens (primary N) is 1. The van der Waals surface area contributed by atoms with Gasteiger partial charge in [0.15, 0.2) is 0 Å². The monoisotopic (exact) mass is 175 g/mol. The molecule has 0 heterocycles. The summed E-state index contributed by atoms with van der Waals surface area (Å²) < 4.78 is 5.43. The van der Waals surface area contributed by atoms with E-state index in [0.717, 1.165) is 25.9 Å². The molecule has 2 N–H and O–H groups in total. The van der Waals surface area contributed by atoms with Crippen molar-refractivity contribution >= 4 is 17.2 Å². The Labute approximate surface area is 74.1 Å². The number of hydrogen-bond donors (Lipinski definition) is 1. The minimum atomic E-state index is 0.362. The van der Waals surface area contributed by atoms with Gasteiger partial charge in [0, 0.05) is 6.61 Å². The van der Waals surface area contributed by atoms with Crippen LogP contribution < -0.4 is 5.73 Å². The van der Waals surface area contributed by atoms with Crippen molar-refractivity contribution in [1.29, 1.82) is 0 Å². The van der Waals surface area contributed by atoms with E-state index in [1.54, 1.807) is 0 Å². The summed E-state index contributed by atoms with van der Waals surface area (Å²) in [4.78, 5) is 0.581. The van der Waals surface area contributed by atoms with Crippen LogP contribution in [0.5, 0.6) is 0 Å². The number of ether oxygens (including phenoxy) is 1. The van der Waals surface area contributed by atoms with Gasteiger partial charge < -0.3 is 10.5 Å². The third kappa shape index (κ3) is 7.75. The van der Waals surface area contributed by atoms with Crippen molar-refractivity contribution in [1.82, 2.24) is 0 Å². The molecule has 66 valence electrons. The van der Waals surface area contributed by atoms with E-state index in [0.29, 0.717) is 11.1 Å². The molecule has 0 saturated heterocycles. The molecule has 0 spiro atoms. The molecule has 1 unspecified atom stereocenters. The lowest BCUT2D eigenvalue weighted by Gasteiger charge is -2.09. The Hall–Kier alpha value is -0.150. The summed E-state index contributed by atoms with van der Waals surface area (Å²) in [6, 6.07) is 0. The smallest absolute Gasteiger partial charge is 0.0728 e. The first-order valence-corrected chi connectivity index (χ1v) is 4.47. The lowest BCUT2D eigenvalue weighted by atomic mass is 10.3. The molecule has 0 bridgehead atoms. The second-order valence-corrected chi connectivity index (χ2v) is 3.18. The van der Waals surface area contributed by atoms with Crippen molar-refractivity contribution in [2.45, 2.75) is 39.2 Å². The van der Waals surface area contributed by atoms with Crippen molar-refractivity contribution in [3.8, 4) is 0 Å². The average Bonchev–Trinajstić information content (AvgIpc) is 1.97. The van der Waals surface area contributed by atoms with Crippen LogP contribution in [-0.2, 0) is 4.74 Å². The zero-order chi connectivity index (χ0) is 8.69. The van der Waals surface area contributed by atoms with Crippen LogP contribution >= 0.6 is 12.2 Å². The molecule has 0 aromatic carbocycles. The van der Waals surface area contributed by atoms with Crippen molar-refractivity contribution in [3.63, 3.8) is 0 Å². The molecule has 0 rings (SSSR count). The van der Waals surface area contributed by atoms with Gasteiger partial charge in [-0.1, -0.05) is 19.1 Å². The zero-order valence-electron chi connectivity index (χ0n) is 7.30. The van der Waals surface area contributed by atoms with Gasteiger partial charge in [0.1, 0.15) is 0 Å². The minimum absolute atomic E-state index is 0.362. The Kier molecular flexibility index (Phi) is 6.46. The summed E-state index contributed by atoms with van der Waals surface area (Å²) in [6.07, 6.45) is 3.17. The lowest BCUT2D eigenvalue weighted by Crippen LogP contribution is -2.11. The van der Waals surface area contributed by atoms with E-state index in [4.69, 9.17) is 22.7 Å². The highest BCUT2D eigenvalue weighted by molar-refractivity contribution is 7.80. The van der Waals surface area contributed by atoms with E-state index >= 15 is 0 Å². The molecule has 0 amide bonds. The summed E-state index contributed by atoms with van der Waals surface area (Å²) >= 11 is 4.73. The van der Waals surface area contributed by atoms with Gasteiger partial charge in [-0.25, -0.2) is 0 Å². The number of thiocarbonyl (C=S) groups is 1. The van der Waals surface area contributed by atoms with Crippen LogP contribution in [0.2, 0.25) is 0 Å². The Bertz CT molecular complexity index is 117. The minimum Gasteiger partial charge on any atom is -0.393 e. The van der Waals surface area contributed by atoms with Gasteiger partial charge in [-0.2, -0.15) is 0 Å². The first-order chi connectivity index (χ1) is 5.16. The first kappa shape index (κ1) is 10.8. The van der Waals surface area contributed by atoms with E-state index < -0.39 is 0 Å². The summed E-state index contributed by atoms with van der Waals surface area (Å²) in [7, 11) is 0. The van der Waals surface area contributed by atoms with E-state index in [1.807, 2.05) is 0 Å². The Morgan fingerprint density at radius 3 is 2.73 bits per heavy atom. The molecular formula is C8H17NOS. The summed E-state index contributed by atoms with van der Waals surface area (Å²) in [5.41, 5.74) is 5.32. The summed E-state index contributed by atoms with van der Waals surface area (Å²) in [5, 5.41) is 0. The number of hydrogen-bond acceptors (Lipinski definition) is 2. The quantitative estimate of drug-likeness (QED) is 0.494. The predicted octanol–water partition coefficient (Wildman–Crippen LogP) is 1.87. The molecule has 0 aromatic heterocycles. The summed E-state index contributed by atoms with van der Waals surface area (Å²) in [6.45, 7) is 4.95. The standard InChI is InChI=1S/C8H17NOS/c1-3-7(2)10-6-4-5-8(9)11/h7H,3-6H2,1-2H3,(H2,9,11). The fourth-order valence-corrected chi connectivity index (χ4v) is 0.793. The van der Waals surface area contributed by atoms with Crippen LogP contribution in [0.3, 0.4) is 0 Å². The molecular weight excluding hydrogens is 158 g/mol. The topological polar surface area (TPSA) is 35.2 Å². The van der Waals surface area contributed by atoms with Crippen molar-refractivity contribution in [3.05, 3.63) is 0 Å². The molecule has 0 aliphatic heterocycles. The lowest BCUT2D eigenvalue weighted by molar-refractivity contribution is 0.0629. The maximum absolute atomic E-state index is 5.43. The normalized spacial score (nSPS) is 12.9. The van der Waals surface area contributed by atoms with Crippen LogP contribution in [0.1, 0.15) is 33.1 Å². The van der Waals surface area contributed by atoms with Gasteiger partial charge in [-0.05, 0) is 26.2 Å². The van der Waals surface area contributed by atoms with E-state index in [1.165, 1.54) is 0 Å². The van der Waals surface area contributed by atoms with E-state index in [2.05, 4.69) is 13.8 Å². The highest BCUT2D eigenvalue weighted by Crippen LogP contribution is 1.98. The fraction of sp³-hybridized carbons (Fsp3) is 0.875. The molecule has 2 nitrogen and oxygen atoms in total. The molecule has 1 atom stereocenters. The van der Waals surface area contributed by atoms with Crippen LogP contribution in [0, 0.1) is 0 Å². The Morgan fingerprint density at radius 1 is 1.64 bits per heavy atom. The van der Waals surface area contributed by atoms with Gasteiger partial charge in [-0.3, -0.25) is 0 Å². The molecule has 0 aromatic rings. The molecule has 0 saturated carbocycles. The SMILES string of the molecule is CCC(C)OCCCC(N)=S. The van der Waals surface area contributed by atoms with Crippen molar-refractivity contribution < 1.29 is 4.74 Å². The molecule has 0 aliphatic rings.